The molecule has 0 bridgehead atoms. The fraction of sp³-hybridized carbons (Fsp3) is 0.273. The molecule has 0 fully saturated rings. The molecule has 0 aliphatic heterocycles. The van der Waals surface area contributed by atoms with Gasteiger partial charge in [0, 0.05) is 17.7 Å². The summed E-state index contributed by atoms with van der Waals surface area (Å²) in [5, 5.41) is 17.0. The molecule has 30 heavy (non-hydrogen) atoms. The lowest BCUT2D eigenvalue weighted by Gasteiger charge is -2.10. The number of imidazole rings is 1. The molecule has 0 aliphatic carbocycles. The van der Waals surface area contributed by atoms with E-state index in [-0.39, 0.29) is 24.1 Å². The predicted molar refractivity (Wildman–Crippen MR) is 116 cm³/mol. The number of para-hydroxylation sites is 2. The zero-order valence-electron chi connectivity index (χ0n) is 17.3. The first-order chi connectivity index (χ1) is 14.4. The molecule has 0 spiro atoms. The van der Waals surface area contributed by atoms with E-state index >= 15 is 0 Å². The number of aromatic hydroxyl groups is 1. The Morgan fingerprint density at radius 1 is 1.17 bits per heavy atom. The van der Waals surface area contributed by atoms with Gasteiger partial charge in [0.2, 0.25) is 5.91 Å². The third-order valence-electron chi connectivity index (χ3n) is 4.64. The molecule has 0 saturated heterocycles. The van der Waals surface area contributed by atoms with E-state index in [1.54, 1.807) is 19.1 Å². The summed E-state index contributed by atoms with van der Waals surface area (Å²) in [6.07, 6.45) is 1.16. The van der Waals surface area contributed by atoms with E-state index in [9.17, 15) is 14.7 Å². The SMILES string of the molecule is CCCC(=O)Nc1ccc(O)c(/C(C)=N/NC(=O)Cn2c(C)nc3ccccc32)c1. The first-order valence-corrected chi connectivity index (χ1v) is 9.77. The Labute approximate surface area is 174 Å². The highest BCUT2D eigenvalue weighted by atomic mass is 16.3. The lowest BCUT2D eigenvalue weighted by molar-refractivity contribution is -0.121. The topological polar surface area (TPSA) is 109 Å². The minimum Gasteiger partial charge on any atom is -0.507 e. The van der Waals surface area contributed by atoms with Gasteiger partial charge in [0.15, 0.2) is 0 Å². The number of hydrogen-bond donors (Lipinski definition) is 3. The van der Waals surface area contributed by atoms with Gasteiger partial charge in [-0.25, -0.2) is 10.4 Å². The summed E-state index contributed by atoms with van der Waals surface area (Å²) in [6, 6.07) is 12.3. The van der Waals surface area contributed by atoms with Gasteiger partial charge in [-0.3, -0.25) is 9.59 Å². The molecule has 8 nitrogen and oxygen atoms in total. The fourth-order valence-electron chi connectivity index (χ4n) is 3.14. The van der Waals surface area contributed by atoms with Crippen molar-refractivity contribution in [2.24, 2.45) is 5.10 Å². The highest BCUT2D eigenvalue weighted by Gasteiger charge is 2.12. The Morgan fingerprint density at radius 3 is 2.70 bits per heavy atom. The number of amides is 2. The molecular weight excluding hydrogens is 382 g/mol. The number of benzene rings is 2. The van der Waals surface area contributed by atoms with E-state index in [1.807, 2.05) is 42.7 Å². The van der Waals surface area contributed by atoms with Crippen LogP contribution in [0.15, 0.2) is 47.6 Å². The Morgan fingerprint density at radius 2 is 1.93 bits per heavy atom. The van der Waals surface area contributed by atoms with Crippen molar-refractivity contribution in [1.29, 1.82) is 0 Å². The number of hydrazone groups is 1. The Kier molecular flexibility index (Phi) is 6.46. The van der Waals surface area contributed by atoms with Gasteiger partial charge in [-0.15, -0.1) is 0 Å². The smallest absolute Gasteiger partial charge is 0.260 e. The van der Waals surface area contributed by atoms with E-state index in [4.69, 9.17) is 0 Å². The third kappa shape index (κ3) is 4.83. The summed E-state index contributed by atoms with van der Waals surface area (Å²) in [5.74, 6) is 0.336. The zero-order valence-corrected chi connectivity index (χ0v) is 17.3. The van der Waals surface area contributed by atoms with Gasteiger partial charge in [-0.05, 0) is 50.6 Å². The number of fused-ring (bicyclic) bond motifs is 1. The number of hydrogen-bond acceptors (Lipinski definition) is 5. The van der Waals surface area contributed by atoms with E-state index in [2.05, 4.69) is 20.8 Å². The third-order valence-corrected chi connectivity index (χ3v) is 4.64. The minimum atomic E-state index is -0.313. The van der Waals surface area contributed by atoms with E-state index in [1.165, 1.54) is 6.07 Å². The van der Waals surface area contributed by atoms with Crippen molar-refractivity contribution < 1.29 is 14.7 Å². The monoisotopic (exact) mass is 407 g/mol. The molecule has 2 amide bonds. The lowest BCUT2D eigenvalue weighted by Crippen LogP contribution is -2.24. The highest BCUT2D eigenvalue weighted by Crippen LogP contribution is 2.22. The van der Waals surface area contributed by atoms with Crippen LogP contribution in [-0.4, -0.2) is 32.2 Å². The lowest BCUT2D eigenvalue weighted by atomic mass is 10.1. The van der Waals surface area contributed by atoms with E-state index in [0.717, 1.165) is 23.3 Å². The molecule has 1 aromatic heterocycles. The number of nitrogens with zero attached hydrogens (tertiary/aromatic N) is 3. The number of carbonyl (C=O) groups excluding carboxylic acids is 2. The Hall–Kier alpha value is -3.68. The second-order valence-corrected chi connectivity index (χ2v) is 7.00. The normalized spacial score (nSPS) is 11.5. The molecule has 1 heterocycles. The molecule has 2 aromatic carbocycles. The van der Waals surface area contributed by atoms with Crippen LogP contribution >= 0.6 is 0 Å². The average molecular weight is 407 g/mol. The van der Waals surface area contributed by atoms with Gasteiger partial charge < -0.3 is 15.0 Å². The summed E-state index contributed by atoms with van der Waals surface area (Å²) in [5.41, 5.74) is 5.62. The number of nitrogens with one attached hydrogen (secondary N) is 2. The quantitative estimate of drug-likeness (QED) is 0.317. The second-order valence-electron chi connectivity index (χ2n) is 7.00. The maximum atomic E-state index is 12.4. The Balaban J connectivity index is 1.72. The van der Waals surface area contributed by atoms with Crippen molar-refractivity contribution in [3.8, 4) is 5.75 Å². The van der Waals surface area contributed by atoms with Crippen molar-refractivity contribution >= 4 is 34.2 Å². The largest absolute Gasteiger partial charge is 0.507 e. The summed E-state index contributed by atoms with van der Waals surface area (Å²) < 4.78 is 1.82. The van der Waals surface area contributed by atoms with E-state index < -0.39 is 0 Å². The van der Waals surface area contributed by atoms with Gasteiger partial charge in [0.1, 0.15) is 18.1 Å². The van der Waals surface area contributed by atoms with Crippen molar-refractivity contribution in [3.05, 3.63) is 53.9 Å². The molecule has 0 atom stereocenters. The molecule has 0 saturated carbocycles. The first kappa shape index (κ1) is 21.0. The molecule has 0 unspecified atom stereocenters. The zero-order chi connectivity index (χ0) is 21.7. The second kappa shape index (κ2) is 9.21. The van der Waals surface area contributed by atoms with Crippen LogP contribution < -0.4 is 10.7 Å². The number of phenolic OH excluding ortho intramolecular Hbond substituents is 1. The van der Waals surface area contributed by atoms with Crippen LogP contribution in [0.2, 0.25) is 0 Å². The standard InChI is InChI=1S/C22H25N5O3/c1-4-7-21(29)24-16-10-11-20(28)17(12-16)14(2)25-26-22(30)13-27-15(3)23-18-8-5-6-9-19(18)27/h5-6,8-12,28H,4,7,13H2,1-3H3,(H,24,29)(H,26,30)/b25-14+. The van der Waals surface area contributed by atoms with Crippen LogP contribution in [-0.2, 0) is 16.1 Å². The number of anilines is 1. The van der Waals surface area contributed by atoms with Crippen molar-refractivity contribution in [2.75, 3.05) is 5.32 Å². The minimum absolute atomic E-state index is 0.00966. The Bertz CT molecular complexity index is 1120. The van der Waals surface area contributed by atoms with Crippen LogP contribution in [0.4, 0.5) is 5.69 Å². The van der Waals surface area contributed by atoms with Gasteiger partial charge >= 0.3 is 0 Å². The molecule has 8 heteroatoms. The van der Waals surface area contributed by atoms with Gasteiger partial charge in [-0.2, -0.15) is 5.10 Å². The number of carbonyl (C=O) groups is 2. The van der Waals surface area contributed by atoms with Gasteiger partial charge in [-0.1, -0.05) is 19.1 Å². The maximum Gasteiger partial charge on any atom is 0.260 e. The number of rotatable bonds is 7. The number of aromatic nitrogens is 2. The van der Waals surface area contributed by atoms with Crippen LogP contribution in [0.1, 0.15) is 38.1 Å². The predicted octanol–water partition coefficient (Wildman–Crippen LogP) is 3.33. The maximum absolute atomic E-state index is 12.4. The van der Waals surface area contributed by atoms with Gasteiger partial charge in [0.05, 0.1) is 16.7 Å². The van der Waals surface area contributed by atoms with Gasteiger partial charge in [0.25, 0.3) is 5.91 Å². The molecule has 3 N–H and O–H groups in total. The average Bonchev–Trinajstić information content (AvgIpc) is 3.03. The molecule has 156 valence electrons. The molecule has 0 radical (unpaired) electrons. The van der Waals surface area contributed by atoms with Crippen molar-refractivity contribution in [3.63, 3.8) is 0 Å². The molecule has 0 aliphatic rings. The molecule has 3 aromatic rings. The van der Waals surface area contributed by atoms with Crippen LogP contribution in [0.5, 0.6) is 5.75 Å². The van der Waals surface area contributed by atoms with Crippen LogP contribution in [0.3, 0.4) is 0 Å². The van der Waals surface area contributed by atoms with Crippen molar-refractivity contribution in [2.45, 2.75) is 40.2 Å². The summed E-state index contributed by atoms with van der Waals surface area (Å²) >= 11 is 0. The highest BCUT2D eigenvalue weighted by molar-refractivity contribution is 6.03. The van der Waals surface area contributed by atoms with E-state index in [0.29, 0.717) is 23.4 Å². The summed E-state index contributed by atoms with van der Waals surface area (Å²) in [7, 11) is 0. The molecular formula is C22H25N5O3. The number of aryl methyl sites for hydroxylation is 1. The number of phenols is 1. The van der Waals surface area contributed by atoms with Crippen molar-refractivity contribution in [1.82, 2.24) is 15.0 Å². The van der Waals surface area contributed by atoms with Crippen LogP contribution in [0.25, 0.3) is 11.0 Å². The molecule has 3 rings (SSSR count). The van der Waals surface area contributed by atoms with Crippen LogP contribution in [0, 0.1) is 6.92 Å². The summed E-state index contributed by atoms with van der Waals surface area (Å²) in [4.78, 5) is 28.7. The summed E-state index contributed by atoms with van der Waals surface area (Å²) in [6.45, 7) is 5.51. The first-order valence-electron chi connectivity index (χ1n) is 9.77. The fourth-order valence-corrected chi connectivity index (χ4v) is 3.14.